The maximum atomic E-state index is 12.1. The van der Waals surface area contributed by atoms with Gasteiger partial charge in [0.25, 0.3) is 0 Å². The van der Waals surface area contributed by atoms with Gasteiger partial charge >= 0.3 is 6.03 Å². The van der Waals surface area contributed by atoms with E-state index in [0.29, 0.717) is 19.6 Å². The van der Waals surface area contributed by atoms with Gasteiger partial charge in [0.1, 0.15) is 5.76 Å². The number of urea groups is 1. The van der Waals surface area contributed by atoms with Crippen LogP contribution >= 0.6 is 0 Å². The fourth-order valence-corrected chi connectivity index (χ4v) is 1.95. The molecule has 0 aliphatic heterocycles. The van der Waals surface area contributed by atoms with Crippen LogP contribution < -0.4 is 5.32 Å². The van der Waals surface area contributed by atoms with Crippen molar-refractivity contribution in [3.05, 3.63) is 42.1 Å². The number of carbonyl (C=O) groups excluding carboxylic acids is 1. The Hall–Kier alpha value is -2.24. The molecule has 0 radical (unpaired) electrons. The van der Waals surface area contributed by atoms with E-state index in [1.165, 1.54) is 0 Å². The molecule has 6 heteroatoms. The van der Waals surface area contributed by atoms with Crippen LogP contribution in [0.2, 0.25) is 0 Å². The van der Waals surface area contributed by atoms with Gasteiger partial charge in [-0.05, 0) is 30.5 Å². The van der Waals surface area contributed by atoms with Gasteiger partial charge in [-0.15, -0.1) is 0 Å². The Morgan fingerprint density at radius 1 is 1.55 bits per heavy atom. The van der Waals surface area contributed by atoms with Crippen LogP contribution in [0.25, 0.3) is 0 Å². The van der Waals surface area contributed by atoms with Gasteiger partial charge in [-0.2, -0.15) is 5.10 Å². The van der Waals surface area contributed by atoms with Crippen LogP contribution in [0, 0.1) is 0 Å². The minimum atomic E-state index is -0.0632. The monoisotopic (exact) mass is 276 g/mol. The van der Waals surface area contributed by atoms with Crippen LogP contribution in [0.15, 0.2) is 35.2 Å². The van der Waals surface area contributed by atoms with Crippen molar-refractivity contribution >= 4 is 6.03 Å². The number of carbonyl (C=O) groups is 1. The van der Waals surface area contributed by atoms with Gasteiger partial charge in [-0.1, -0.05) is 6.92 Å². The van der Waals surface area contributed by atoms with E-state index in [1.54, 1.807) is 17.4 Å². The molecule has 0 unspecified atom stereocenters. The number of nitrogens with one attached hydrogen (secondary N) is 2. The van der Waals surface area contributed by atoms with E-state index in [0.717, 1.165) is 24.2 Å². The number of hydrogen-bond donors (Lipinski definition) is 2. The van der Waals surface area contributed by atoms with Crippen LogP contribution in [0.1, 0.15) is 24.7 Å². The van der Waals surface area contributed by atoms with Crippen molar-refractivity contribution < 1.29 is 9.21 Å². The molecule has 0 bridgehead atoms. The van der Waals surface area contributed by atoms with E-state index >= 15 is 0 Å². The van der Waals surface area contributed by atoms with Crippen molar-refractivity contribution in [3.63, 3.8) is 0 Å². The molecule has 2 amide bonds. The third-order valence-electron chi connectivity index (χ3n) is 2.95. The van der Waals surface area contributed by atoms with E-state index in [-0.39, 0.29) is 6.03 Å². The minimum Gasteiger partial charge on any atom is -0.467 e. The lowest BCUT2D eigenvalue weighted by atomic mass is 10.2. The van der Waals surface area contributed by atoms with Crippen molar-refractivity contribution in [2.75, 3.05) is 13.1 Å². The minimum absolute atomic E-state index is 0.0632. The number of nitrogens with zero attached hydrogens (tertiary/aromatic N) is 2. The van der Waals surface area contributed by atoms with Gasteiger partial charge in [0.2, 0.25) is 0 Å². The van der Waals surface area contributed by atoms with Crippen molar-refractivity contribution in [1.82, 2.24) is 20.4 Å². The highest BCUT2D eigenvalue weighted by atomic mass is 16.3. The van der Waals surface area contributed by atoms with E-state index in [9.17, 15) is 4.79 Å². The van der Waals surface area contributed by atoms with E-state index in [2.05, 4.69) is 15.5 Å². The first kappa shape index (κ1) is 14.2. The fourth-order valence-electron chi connectivity index (χ4n) is 1.95. The highest BCUT2D eigenvalue weighted by Crippen LogP contribution is 2.06. The fraction of sp³-hybridized carbons (Fsp3) is 0.429. The summed E-state index contributed by atoms with van der Waals surface area (Å²) in [7, 11) is 0. The average Bonchev–Trinajstić information content (AvgIpc) is 3.11. The smallest absolute Gasteiger partial charge is 0.317 e. The Morgan fingerprint density at radius 2 is 2.45 bits per heavy atom. The topological polar surface area (TPSA) is 74.2 Å². The van der Waals surface area contributed by atoms with Gasteiger partial charge < -0.3 is 14.6 Å². The molecular weight excluding hydrogens is 256 g/mol. The highest BCUT2D eigenvalue weighted by Gasteiger charge is 2.13. The zero-order valence-electron chi connectivity index (χ0n) is 11.6. The Bertz CT molecular complexity index is 493. The van der Waals surface area contributed by atoms with Crippen LogP contribution in [-0.4, -0.2) is 34.2 Å². The number of aromatic amines is 1. The number of furan rings is 1. The average molecular weight is 276 g/mol. The predicted molar refractivity (Wildman–Crippen MR) is 75.1 cm³/mol. The maximum absolute atomic E-state index is 12.1. The third kappa shape index (κ3) is 4.15. The number of aromatic nitrogens is 2. The lowest BCUT2D eigenvalue weighted by Gasteiger charge is -2.21. The normalized spacial score (nSPS) is 10.4. The Morgan fingerprint density at radius 3 is 3.10 bits per heavy atom. The molecule has 0 fully saturated rings. The molecule has 0 saturated carbocycles. The maximum Gasteiger partial charge on any atom is 0.317 e. The second-order valence-corrected chi connectivity index (χ2v) is 4.59. The molecule has 0 atom stereocenters. The number of hydrogen-bond acceptors (Lipinski definition) is 3. The van der Waals surface area contributed by atoms with Gasteiger partial charge in [0.15, 0.2) is 0 Å². The second-order valence-electron chi connectivity index (χ2n) is 4.59. The van der Waals surface area contributed by atoms with Crippen LogP contribution in [0.5, 0.6) is 0 Å². The molecule has 0 aliphatic carbocycles. The largest absolute Gasteiger partial charge is 0.467 e. The summed E-state index contributed by atoms with van der Waals surface area (Å²) in [6, 6.07) is 3.64. The lowest BCUT2D eigenvalue weighted by Crippen LogP contribution is -2.40. The van der Waals surface area contributed by atoms with Crippen LogP contribution in [0.4, 0.5) is 4.79 Å². The zero-order valence-corrected chi connectivity index (χ0v) is 11.6. The Kier molecular flexibility index (Phi) is 5.23. The summed E-state index contributed by atoms with van der Waals surface area (Å²) in [6.07, 6.45) is 6.90. The molecule has 2 aromatic rings. The molecule has 0 saturated heterocycles. The first-order valence-corrected chi connectivity index (χ1v) is 6.82. The molecule has 2 heterocycles. The summed E-state index contributed by atoms with van der Waals surface area (Å²) in [6.45, 7) is 3.85. The van der Waals surface area contributed by atoms with Crippen molar-refractivity contribution in [2.45, 2.75) is 26.3 Å². The molecule has 0 aromatic carbocycles. The lowest BCUT2D eigenvalue weighted by molar-refractivity contribution is 0.190. The molecular formula is C14H20N4O2. The summed E-state index contributed by atoms with van der Waals surface area (Å²) < 4.78 is 5.29. The van der Waals surface area contributed by atoms with Crippen molar-refractivity contribution in [3.8, 4) is 0 Å². The van der Waals surface area contributed by atoms with Gasteiger partial charge in [0, 0.05) is 19.3 Å². The van der Waals surface area contributed by atoms with E-state index in [1.807, 2.05) is 25.3 Å². The molecule has 0 aliphatic rings. The Balaban J connectivity index is 1.80. The second kappa shape index (κ2) is 7.37. The summed E-state index contributed by atoms with van der Waals surface area (Å²) in [5, 5.41) is 9.55. The molecule has 20 heavy (non-hydrogen) atoms. The van der Waals surface area contributed by atoms with Crippen molar-refractivity contribution in [1.29, 1.82) is 0 Å². The molecule has 2 aromatic heterocycles. The summed E-state index contributed by atoms with van der Waals surface area (Å²) in [5.41, 5.74) is 1.08. The molecule has 6 nitrogen and oxygen atoms in total. The summed E-state index contributed by atoms with van der Waals surface area (Å²) >= 11 is 0. The van der Waals surface area contributed by atoms with Gasteiger partial charge in [-0.3, -0.25) is 5.10 Å². The van der Waals surface area contributed by atoms with E-state index in [4.69, 9.17) is 4.42 Å². The number of rotatable bonds is 7. The molecule has 0 spiro atoms. The van der Waals surface area contributed by atoms with Gasteiger partial charge in [0.05, 0.1) is 19.0 Å². The molecule has 2 N–H and O–H groups in total. The first-order chi connectivity index (χ1) is 9.79. The summed E-state index contributed by atoms with van der Waals surface area (Å²) in [4.78, 5) is 13.9. The highest BCUT2D eigenvalue weighted by molar-refractivity contribution is 5.74. The van der Waals surface area contributed by atoms with Crippen LogP contribution in [0.3, 0.4) is 0 Å². The standard InChI is InChI=1S/C14H20N4O2/c1-2-7-18(11-13-4-3-8-20-13)14(19)15-6-5-12-9-16-17-10-12/h3-4,8-10H,2,5-7,11H2,1H3,(H,15,19)(H,16,17). The zero-order chi connectivity index (χ0) is 14.2. The number of H-pyrrole nitrogens is 1. The van der Waals surface area contributed by atoms with Crippen LogP contribution in [-0.2, 0) is 13.0 Å². The van der Waals surface area contributed by atoms with Crippen molar-refractivity contribution in [2.24, 2.45) is 0 Å². The SMILES string of the molecule is CCCN(Cc1ccco1)C(=O)NCCc1cn[nH]c1. The third-order valence-corrected chi connectivity index (χ3v) is 2.95. The Labute approximate surface area is 118 Å². The van der Waals surface area contributed by atoms with Gasteiger partial charge in [-0.25, -0.2) is 4.79 Å². The molecule has 108 valence electrons. The van der Waals surface area contributed by atoms with E-state index < -0.39 is 0 Å². The summed E-state index contributed by atoms with van der Waals surface area (Å²) in [5.74, 6) is 0.795. The first-order valence-electron chi connectivity index (χ1n) is 6.82. The number of amides is 2. The molecule has 2 rings (SSSR count). The predicted octanol–water partition coefficient (Wildman–Crippen LogP) is 2.17. The quantitative estimate of drug-likeness (QED) is 0.814.